The highest BCUT2D eigenvalue weighted by Crippen LogP contribution is 2.34. The van der Waals surface area contributed by atoms with E-state index >= 15 is 0 Å². The van der Waals surface area contributed by atoms with Crippen molar-refractivity contribution < 1.29 is 14.5 Å². The second-order valence-corrected chi connectivity index (χ2v) is 6.37. The minimum atomic E-state index is -1.12. The number of carbonyl (C=O) groups excluding carboxylic acids is 2. The Bertz CT molecular complexity index is 871. The van der Waals surface area contributed by atoms with Gasteiger partial charge in [-0.2, -0.15) is 0 Å². The fourth-order valence-corrected chi connectivity index (χ4v) is 3.08. The van der Waals surface area contributed by atoms with E-state index in [0.717, 1.165) is 16.5 Å². The molecule has 3 amide bonds. The molecule has 2 aromatic carbocycles. The zero-order valence-electron chi connectivity index (χ0n) is 13.2. The van der Waals surface area contributed by atoms with E-state index in [1.54, 1.807) is 6.92 Å². The minimum Gasteiger partial charge on any atom is -0.323 e. The number of anilines is 1. The number of halogens is 1. The molecule has 1 atom stereocenters. The Balaban J connectivity index is 1.93. The van der Waals surface area contributed by atoms with Crippen LogP contribution in [0.1, 0.15) is 12.5 Å². The Labute approximate surface area is 148 Å². The van der Waals surface area contributed by atoms with Crippen LogP contribution in [0.15, 0.2) is 48.5 Å². The van der Waals surface area contributed by atoms with Crippen molar-refractivity contribution in [2.75, 3.05) is 4.90 Å². The van der Waals surface area contributed by atoms with Crippen LogP contribution in [0.5, 0.6) is 0 Å². The lowest BCUT2D eigenvalue weighted by Crippen LogP contribution is -2.46. The fraction of sp³-hybridized carbons (Fsp3) is 0.176. The van der Waals surface area contributed by atoms with Gasteiger partial charge in [0.15, 0.2) is 0 Å². The van der Waals surface area contributed by atoms with Crippen LogP contribution in [0.4, 0.5) is 16.2 Å². The van der Waals surface area contributed by atoms with E-state index in [4.69, 9.17) is 11.6 Å². The number of nitro groups is 1. The minimum absolute atomic E-state index is 0.0401. The monoisotopic (exact) mass is 359 g/mol. The summed E-state index contributed by atoms with van der Waals surface area (Å²) in [6.45, 7) is 1.64. The molecule has 0 unspecified atom stereocenters. The number of hydrogen-bond acceptors (Lipinski definition) is 4. The molecular weight excluding hydrogens is 346 g/mol. The maximum atomic E-state index is 12.9. The lowest BCUT2D eigenvalue weighted by Gasteiger charge is -2.22. The van der Waals surface area contributed by atoms with Gasteiger partial charge in [0.25, 0.3) is 11.6 Å². The van der Waals surface area contributed by atoms with Crippen LogP contribution in [0.2, 0.25) is 5.02 Å². The van der Waals surface area contributed by atoms with Crippen molar-refractivity contribution in [1.29, 1.82) is 0 Å². The van der Waals surface area contributed by atoms with Gasteiger partial charge in [-0.1, -0.05) is 41.9 Å². The van der Waals surface area contributed by atoms with Crippen molar-refractivity contribution in [3.8, 4) is 0 Å². The highest BCUT2D eigenvalue weighted by molar-refractivity contribution is 6.36. The lowest BCUT2D eigenvalue weighted by atomic mass is 9.93. The smallest absolute Gasteiger partial charge is 0.323 e. The topological polar surface area (TPSA) is 92.6 Å². The molecule has 1 fully saturated rings. The Morgan fingerprint density at radius 2 is 1.88 bits per heavy atom. The Morgan fingerprint density at radius 3 is 2.48 bits per heavy atom. The van der Waals surface area contributed by atoms with Gasteiger partial charge in [-0.05, 0) is 18.6 Å². The normalized spacial score (nSPS) is 19.8. The second kappa shape index (κ2) is 6.18. The number of nitro benzene ring substituents is 1. The summed E-state index contributed by atoms with van der Waals surface area (Å²) in [6, 6.07) is 12.3. The molecule has 0 radical (unpaired) electrons. The summed E-state index contributed by atoms with van der Waals surface area (Å²) in [4.78, 5) is 36.4. The second-order valence-electron chi connectivity index (χ2n) is 5.96. The van der Waals surface area contributed by atoms with Gasteiger partial charge in [0.05, 0.1) is 15.6 Å². The van der Waals surface area contributed by atoms with E-state index in [-0.39, 0.29) is 16.4 Å². The van der Waals surface area contributed by atoms with Crippen LogP contribution in [-0.2, 0) is 11.2 Å². The number of hydrogen-bond donors (Lipinski definition) is 1. The predicted molar refractivity (Wildman–Crippen MR) is 92.7 cm³/mol. The molecule has 1 heterocycles. The molecule has 0 saturated carbocycles. The van der Waals surface area contributed by atoms with Crippen molar-refractivity contribution in [1.82, 2.24) is 5.32 Å². The summed E-state index contributed by atoms with van der Waals surface area (Å²) in [6.07, 6.45) is 0.319. The third kappa shape index (κ3) is 3.06. The SMILES string of the molecule is C[C@@]1(Cc2ccccc2)NC(=O)N(c2ccc([N+](=O)[O-])cc2Cl)C1=O. The molecule has 1 aliphatic heterocycles. The molecule has 0 bridgehead atoms. The first-order valence-electron chi connectivity index (χ1n) is 7.46. The van der Waals surface area contributed by atoms with Crippen molar-refractivity contribution in [2.24, 2.45) is 0 Å². The van der Waals surface area contributed by atoms with Gasteiger partial charge in [-0.3, -0.25) is 14.9 Å². The number of amides is 3. The highest BCUT2D eigenvalue weighted by atomic mass is 35.5. The van der Waals surface area contributed by atoms with E-state index in [1.165, 1.54) is 12.1 Å². The predicted octanol–water partition coefficient (Wildman–Crippen LogP) is 3.31. The summed E-state index contributed by atoms with van der Waals surface area (Å²) in [5.41, 5.74) is -0.321. The number of non-ortho nitro benzene ring substituents is 1. The molecule has 25 heavy (non-hydrogen) atoms. The van der Waals surface area contributed by atoms with Crippen molar-refractivity contribution >= 4 is 34.9 Å². The largest absolute Gasteiger partial charge is 0.329 e. The number of rotatable bonds is 4. The van der Waals surface area contributed by atoms with Gasteiger partial charge >= 0.3 is 6.03 Å². The maximum absolute atomic E-state index is 12.9. The zero-order valence-corrected chi connectivity index (χ0v) is 14.0. The van der Waals surface area contributed by atoms with E-state index in [2.05, 4.69) is 5.32 Å². The van der Waals surface area contributed by atoms with Gasteiger partial charge in [0, 0.05) is 18.6 Å². The number of carbonyl (C=O) groups is 2. The summed E-state index contributed by atoms with van der Waals surface area (Å²) in [5.74, 6) is -0.461. The highest BCUT2D eigenvalue weighted by Gasteiger charge is 2.49. The van der Waals surface area contributed by atoms with Crippen molar-refractivity contribution in [2.45, 2.75) is 18.9 Å². The van der Waals surface area contributed by atoms with Crippen LogP contribution in [0, 0.1) is 10.1 Å². The molecule has 0 spiro atoms. The van der Waals surface area contributed by atoms with Crippen LogP contribution < -0.4 is 10.2 Å². The first kappa shape index (κ1) is 16.9. The third-order valence-electron chi connectivity index (χ3n) is 4.04. The molecule has 1 saturated heterocycles. The molecule has 128 valence electrons. The summed E-state index contributed by atoms with van der Waals surface area (Å²) in [5, 5.41) is 13.5. The number of urea groups is 1. The Hall–Kier alpha value is -2.93. The Morgan fingerprint density at radius 1 is 1.20 bits per heavy atom. The number of imide groups is 1. The fourth-order valence-electron chi connectivity index (χ4n) is 2.82. The van der Waals surface area contributed by atoms with Gasteiger partial charge in [-0.25, -0.2) is 9.69 Å². The molecule has 0 aliphatic carbocycles. The van der Waals surface area contributed by atoms with E-state index < -0.39 is 22.4 Å². The molecule has 0 aromatic heterocycles. The number of nitrogens with zero attached hydrogens (tertiary/aromatic N) is 2. The summed E-state index contributed by atoms with van der Waals surface area (Å²) in [7, 11) is 0. The maximum Gasteiger partial charge on any atom is 0.329 e. The van der Waals surface area contributed by atoms with Gasteiger partial charge in [0.1, 0.15) is 5.54 Å². The average Bonchev–Trinajstić information content (AvgIpc) is 2.77. The first-order valence-corrected chi connectivity index (χ1v) is 7.84. The zero-order chi connectivity index (χ0) is 18.2. The molecule has 8 heteroatoms. The number of benzene rings is 2. The molecule has 3 rings (SSSR count). The summed E-state index contributed by atoms with van der Waals surface area (Å²) < 4.78 is 0. The van der Waals surface area contributed by atoms with Crippen LogP contribution >= 0.6 is 11.6 Å². The average molecular weight is 360 g/mol. The van der Waals surface area contributed by atoms with Crippen molar-refractivity contribution in [3.63, 3.8) is 0 Å². The Kier molecular flexibility index (Phi) is 4.18. The lowest BCUT2D eigenvalue weighted by molar-refractivity contribution is -0.384. The van der Waals surface area contributed by atoms with Crippen LogP contribution in [-0.4, -0.2) is 22.4 Å². The van der Waals surface area contributed by atoms with Gasteiger partial charge in [-0.15, -0.1) is 0 Å². The van der Waals surface area contributed by atoms with Gasteiger partial charge in [0.2, 0.25) is 0 Å². The van der Waals surface area contributed by atoms with E-state index in [1.807, 2.05) is 30.3 Å². The molecule has 2 aromatic rings. The van der Waals surface area contributed by atoms with E-state index in [9.17, 15) is 19.7 Å². The molecule has 1 aliphatic rings. The standard InChI is InChI=1S/C17H14ClN3O4/c1-17(10-11-5-3-2-4-6-11)15(22)20(16(23)19-17)14-8-7-12(21(24)25)9-13(14)18/h2-9H,10H2,1H3,(H,19,23)/t17-/m0/s1. The molecular formula is C17H14ClN3O4. The summed E-state index contributed by atoms with van der Waals surface area (Å²) >= 11 is 6.06. The first-order chi connectivity index (χ1) is 11.8. The van der Waals surface area contributed by atoms with Crippen LogP contribution in [0.3, 0.4) is 0 Å². The van der Waals surface area contributed by atoms with Gasteiger partial charge < -0.3 is 5.32 Å². The van der Waals surface area contributed by atoms with Crippen molar-refractivity contribution in [3.05, 3.63) is 69.2 Å². The van der Waals surface area contributed by atoms with E-state index in [0.29, 0.717) is 6.42 Å². The molecule has 1 N–H and O–H groups in total. The van der Waals surface area contributed by atoms with Crippen LogP contribution in [0.25, 0.3) is 0 Å². The molecule has 7 nitrogen and oxygen atoms in total. The third-order valence-corrected chi connectivity index (χ3v) is 4.35. The quantitative estimate of drug-likeness (QED) is 0.515. The number of nitrogens with one attached hydrogen (secondary N) is 1.